The van der Waals surface area contributed by atoms with Crippen LogP contribution >= 0.6 is 0 Å². The molecule has 0 bridgehead atoms. The molecule has 3 rings (SSSR count). The standard InChI is InChI=1S/C28H38O6/c1-20(2)27(29)34-25(33-24-15-5-4-6-16-24)19-31-17-18-32-28(30)21(3)26(22-11-7-8-12-22)23-13-9-10-14-23/h4-6,15-16,22-23,25H,1,7-14,17-19H2,2-3H3. The maximum absolute atomic E-state index is 12.8. The lowest BCUT2D eigenvalue weighted by Crippen LogP contribution is -2.30. The van der Waals surface area contributed by atoms with Gasteiger partial charge in [0.05, 0.1) is 6.61 Å². The van der Waals surface area contributed by atoms with Crippen molar-refractivity contribution in [2.45, 2.75) is 71.5 Å². The number of carbonyl (C=O) groups is 2. The fourth-order valence-electron chi connectivity index (χ4n) is 4.98. The van der Waals surface area contributed by atoms with Gasteiger partial charge in [-0.2, -0.15) is 0 Å². The third kappa shape index (κ3) is 7.73. The van der Waals surface area contributed by atoms with E-state index in [-0.39, 0.29) is 31.4 Å². The second kappa shape index (κ2) is 13.3. The van der Waals surface area contributed by atoms with Crippen molar-refractivity contribution < 1.29 is 28.5 Å². The Balaban J connectivity index is 1.49. The second-order valence-corrected chi connectivity index (χ2v) is 9.30. The molecular weight excluding hydrogens is 432 g/mol. The van der Waals surface area contributed by atoms with E-state index in [1.54, 1.807) is 19.1 Å². The Morgan fingerprint density at radius 2 is 1.50 bits per heavy atom. The zero-order chi connectivity index (χ0) is 24.3. The molecule has 34 heavy (non-hydrogen) atoms. The van der Waals surface area contributed by atoms with Crippen LogP contribution in [0.25, 0.3) is 0 Å². The third-order valence-corrected chi connectivity index (χ3v) is 6.64. The monoisotopic (exact) mass is 470 g/mol. The van der Waals surface area contributed by atoms with Gasteiger partial charge in [0.25, 0.3) is 6.29 Å². The molecule has 0 radical (unpaired) electrons. The van der Waals surface area contributed by atoms with Crippen molar-refractivity contribution in [2.75, 3.05) is 19.8 Å². The van der Waals surface area contributed by atoms with Gasteiger partial charge in [-0.3, -0.25) is 0 Å². The molecule has 0 aliphatic heterocycles. The van der Waals surface area contributed by atoms with Crippen LogP contribution in [-0.2, 0) is 23.8 Å². The number of rotatable bonds is 12. The minimum atomic E-state index is -0.930. The highest BCUT2D eigenvalue weighted by Crippen LogP contribution is 2.42. The SMILES string of the molecule is C=C(C)C(=O)OC(COCCOC(=O)C(C)=C(C1CCCC1)C1CCCC1)Oc1ccccc1. The van der Waals surface area contributed by atoms with Crippen LogP contribution in [0.2, 0.25) is 0 Å². The topological polar surface area (TPSA) is 71.1 Å². The molecule has 0 aromatic heterocycles. The number of ether oxygens (including phenoxy) is 4. The summed E-state index contributed by atoms with van der Waals surface area (Å²) in [7, 11) is 0. The zero-order valence-corrected chi connectivity index (χ0v) is 20.6. The van der Waals surface area contributed by atoms with E-state index in [9.17, 15) is 9.59 Å². The number of hydrogen-bond acceptors (Lipinski definition) is 6. The van der Waals surface area contributed by atoms with Gasteiger partial charge < -0.3 is 18.9 Å². The molecule has 1 unspecified atom stereocenters. The van der Waals surface area contributed by atoms with Crippen molar-refractivity contribution >= 4 is 11.9 Å². The Morgan fingerprint density at radius 1 is 0.912 bits per heavy atom. The Hall–Kier alpha value is -2.60. The van der Waals surface area contributed by atoms with E-state index in [0.29, 0.717) is 17.6 Å². The molecule has 0 spiro atoms. The predicted octanol–water partition coefficient (Wildman–Crippen LogP) is 5.77. The minimum Gasteiger partial charge on any atom is -0.460 e. The molecular formula is C28H38O6. The maximum atomic E-state index is 12.8. The van der Waals surface area contributed by atoms with Gasteiger partial charge in [0.2, 0.25) is 0 Å². The van der Waals surface area contributed by atoms with Gasteiger partial charge in [-0.25, -0.2) is 9.59 Å². The molecule has 1 aromatic rings. The molecule has 6 heteroatoms. The number of hydrogen-bond donors (Lipinski definition) is 0. The quantitative estimate of drug-likeness (QED) is 0.167. The molecule has 2 fully saturated rings. The molecule has 186 valence electrons. The van der Waals surface area contributed by atoms with Crippen LogP contribution < -0.4 is 4.74 Å². The van der Waals surface area contributed by atoms with Crippen molar-refractivity contribution in [1.82, 2.24) is 0 Å². The van der Waals surface area contributed by atoms with Gasteiger partial charge in [-0.1, -0.05) is 56.0 Å². The molecule has 0 N–H and O–H groups in total. The lowest BCUT2D eigenvalue weighted by molar-refractivity contribution is -0.167. The van der Waals surface area contributed by atoms with Gasteiger partial charge >= 0.3 is 11.9 Å². The number of allylic oxidation sites excluding steroid dienone is 1. The summed E-state index contributed by atoms with van der Waals surface area (Å²) in [5.41, 5.74) is 2.42. The molecule has 0 saturated heterocycles. The molecule has 2 aliphatic rings. The largest absolute Gasteiger partial charge is 0.460 e. The number of benzene rings is 1. The third-order valence-electron chi connectivity index (χ3n) is 6.64. The summed E-state index contributed by atoms with van der Waals surface area (Å²) in [6, 6.07) is 9.06. The van der Waals surface area contributed by atoms with Gasteiger partial charge in [-0.15, -0.1) is 0 Å². The summed E-state index contributed by atoms with van der Waals surface area (Å²) >= 11 is 0. The summed E-state index contributed by atoms with van der Waals surface area (Å²) in [5.74, 6) is 0.826. The highest BCUT2D eigenvalue weighted by atomic mass is 16.7. The lowest BCUT2D eigenvalue weighted by atomic mass is 9.82. The van der Waals surface area contributed by atoms with Crippen molar-refractivity contribution in [3.8, 4) is 5.75 Å². The van der Waals surface area contributed by atoms with E-state index in [0.717, 1.165) is 5.57 Å². The van der Waals surface area contributed by atoms with Gasteiger partial charge in [0.1, 0.15) is 19.0 Å². The summed E-state index contributed by atoms with van der Waals surface area (Å²) in [6.07, 6.45) is 8.81. The van der Waals surface area contributed by atoms with E-state index < -0.39 is 12.3 Å². The van der Waals surface area contributed by atoms with Crippen molar-refractivity contribution in [2.24, 2.45) is 11.8 Å². The predicted molar refractivity (Wildman–Crippen MR) is 130 cm³/mol. The summed E-state index contributed by atoms with van der Waals surface area (Å²) < 4.78 is 22.2. The molecule has 1 aromatic carbocycles. The maximum Gasteiger partial charge on any atom is 0.336 e. The van der Waals surface area contributed by atoms with Crippen LogP contribution in [0.3, 0.4) is 0 Å². The molecule has 2 saturated carbocycles. The average molecular weight is 471 g/mol. The van der Waals surface area contributed by atoms with E-state index >= 15 is 0 Å². The zero-order valence-electron chi connectivity index (χ0n) is 20.6. The number of para-hydroxylation sites is 1. The highest BCUT2D eigenvalue weighted by molar-refractivity contribution is 5.89. The normalized spacial score (nSPS) is 17.2. The van der Waals surface area contributed by atoms with Gasteiger partial charge in [0, 0.05) is 11.1 Å². The van der Waals surface area contributed by atoms with Crippen molar-refractivity contribution in [3.05, 3.63) is 53.6 Å². The fourth-order valence-corrected chi connectivity index (χ4v) is 4.98. The first-order chi connectivity index (χ1) is 16.5. The van der Waals surface area contributed by atoms with E-state index in [2.05, 4.69) is 6.58 Å². The van der Waals surface area contributed by atoms with Crippen LogP contribution in [0.4, 0.5) is 0 Å². The molecule has 6 nitrogen and oxygen atoms in total. The van der Waals surface area contributed by atoms with E-state index in [4.69, 9.17) is 18.9 Å². The lowest BCUT2D eigenvalue weighted by Gasteiger charge is -2.23. The van der Waals surface area contributed by atoms with Crippen LogP contribution in [0.1, 0.15) is 65.2 Å². The van der Waals surface area contributed by atoms with E-state index in [1.807, 2.05) is 25.1 Å². The Labute approximate surface area is 203 Å². The first-order valence-corrected chi connectivity index (χ1v) is 12.5. The Kier molecular flexibility index (Phi) is 10.2. The molecule has 2 aliphatic carbocycles. The van der Waals surface area contributed by atoms with Gasteiger partial charge in [0.15, 0.2) is 0 Å². The summed E-state index contributed by atoms with van der Waals surface area (Å²) in [6.45, 7) is 7.42. The van der Waals surface area contributed by atoms with E-state index in [1.165, 1.54) is 56.9 Å². The smallest absolute Gasteiger partial charge is 0.336 e. The van der Waals surface area contributed by atoms with Crippen molar-refractivity contribution in [3.63, 3.8) is 0 Å². The van der Waals surface area contributed by atoms with Gasteiger partial charge in [-0.05, 0) is 63.5 Å². The first kappa shape index (κ1) is 26.0. The van der Waals surface area contributed by atoms with Crippen molar-refractivity contribution in [1.29, 1.82) is 0 Å². The second-order valence-electron chi connectivity index (χ2n) is 9.30. The van der Waals surface area contributed by atoms with Crippen LogP contribution in [0.5, 0.6) is 5.75 Å². The average Bonchev–Trinajstić information content (AvgIpc) is 3.54. The molecule has 0 heterocycles. The first-order valence-electron chi connectivity index (χ1n) is 12.5. The molecule has 1 atom stereocenters. The summed E-state index contributed by atoms with van der Waals surface area (Å²) in [4.78, 5) is 24.8. The minimum absolute atomic E-state index is 0.00961. The number of carbonyl (C=O) groups excluding carboxylic acids is 2. The van der Waals surface area contributed by atoms with Crippen LogP contribution in [-0.4, -0.2) is 38.0 Å². The Bertz CT molecular complexity index is 829. The van der Waals surface area contributed by atoms with Crippen LogP contribution in [0, 0.1) is 11.8 Å². The number of esters is 2. The Morgan fingerprint density at radius 3 is 2.06 bits per heavy atom. The fraction of sp³-hybridized carbons (Fsp3) is 0.571. The highest BCUT2D eigenvalue weighted by Gasteiger charge is 2.31. The molecule has 0 amide bonds. The van der Waals surface area contributed by atoms with Crippen LogP contribution in [0.15, 0.2) is 53.6 Å². The summed E-state index contributed by atoms with van der Waals surface area (Å²) in [5, 5.41) is 0.